The van der Waals surface area contributed by atoms with Crippen LogP contribution in [-0.2, 0) is 6.54 Å². The molecule has 21 heavy (non-hydrogen) atoms. The summed E-state index contributed by atoms with van der Waals surface area (Å²) in [4.78, 5) is 6.86. The Hall–Kier alpha value is -1.39. The Labute approximate surface area is 132 Å². The molecule has 0 radical (unpaired) electrons. The molecular weight excluding hydrogens is 278 g/mol. The molecule has 2 aromatic rings. The molecule has 0 spiro atoms. The van der Waals surface area contributed by atoms with Crippen LogP contribution in [0.5, 0.6) is 0 Å². The molecule has 1 N–H and O–H groups in total. The van der Waals surface area contributed by atoms with Gasteiger partial charge in [0.15, 0.2) is 0 Å². The van der Waals surface area contributed by atoms with Gasteiger partial charge < -0.3 is 10.2 Å². The van der Waals surface area contributed by atoms with Crippen molar-refractivity contribution in [3.63, 3.8) is 0 Å². The highest BCUT2D eigenvalue weighted by atomic mass is 32.1. The molecular formula is C17H25N3S. The van der Waals surface area contributed by atoms with E-state index in [1.165, 1.54) is 11.3 Å². The molecule has 0 aliphatic carbocycles. The lowest BCUT2D eigenvalue weighted by Crippen LogP contribution is -2.24. The van der Waals surface area contributed by atoms with Crippen molar-refractivity contribution in [1.82, 2.24) is 10.3 Å². The minimum atomic E-state index is 0.408. The maximum atomic E-state index is 4.57. The number of nitrogens with one attached hydrogen (secondary N) is 1. The van der Waals surface area contributed by atoms with Crippen molar-refractivity contribution in [2.75, 3.05) is 18.5 Å². The summed E-state index contributed by atoms with van der Waals surface area (Å²) in [5, 5.41) is 6.85. The summed E-state index contributed by atoms with van der Waals surface area (Å²) in [6, 6.07) is 9.08. The first-order valence-electron chi connectivity index (χ1n) is 7.60. The van der Waals surface area contributed by atoms with E-state index in [0.29, 0.717) is 6.04 Å². The van der Waals surface area contributed by atoms with Gasteiger partial charge in [-0.15, -0.1) is 11.3 Å². The van der Waals surface area contributed by atoms with Gasteiger partial charge in [-0.3, -0.25) is 0 Å². The Morgan fingerprint density at radius 1 is 1.29 bits per heavy atom. The second-order valence-electron chi connectivity index (χ2n) is 5.29. The summed E-state index contributed by atoms with van der Waals surface area (Å²) in [6.07, 6.45) is 1.09. The maximum Gasteiger partial charge on any atom is 0.0898 e. The number of rotatable bonds is 7. The van der Waals surface area contributed by atoms with E-state index in [-0.39, 0.29) is 0 Å². The van der Waals surface area contributed by atoms with E-state index >= 15 is 0 Å². The van der Waals surface area contributed by atoms with Crippen molar-refractivity contribution in [3.8, 4) is 0 Å². The monoisotopic (exact) mass is 303 g/mol. The fourth-order valence-electron chi connectivity index (χ4n) is 2.66. The Kier molecular flexibility index (Phi) is 5.76. The third-order valence-corrected chi connectivity index (χ3v) is 4.47. The maximum absolute atomic E-state index is 4.57. The van der Waals surface area contributed by atoms with Crippen molar-refractivity contribution in [1.29, 1.82) is 0 Å². The van der Waals surface area contributed by atoms with Crippen LogP contribution >= 0.6 is 11.3 Å². The van der Waals surface area contributed by atoms with Crippen LogP contribution in [0.1, 0.15) is 42.6 Å². The van der Waals surface area contributed by atoms with Crippen LogP contribution in [0.4, 0.5) is 5.69 Å². The summed E-state index contributed by atoms with van der Waals surface area (Å²) in [5.41, 5.74) is 3.80. The largest absolute Gasteiger partial charge is 0.368 e. The van der Waals surface area contributed by atoms with E-state index < -0.39 is 0 Å². The molecule has 1 heterocycles. The number of hydrogen-bond donors (Lipinski definition) is 1. The molecule has 1 atom stereocenters. The molecule has 0 bridgehead atoms. The summed E-state index contributed by atoms with van der Waals surface area (Å²) < 4.78 is 0. The van der Waals surface area contributed by atoms with Gasteiger partial charge in [-0.2, -0.15) is 0 Å². The Balaban J connectivity index is 2.21. The normalized spacial score (nSPS) is 12.4. The summed E-state index contributed by atoms with van der Waals surface area (Å²) >= 11 is 1.71. The van der Waals surface area contributed by atoms with Gasteiger partial charge in [-0.1, -0.05) is 32.0 Å². The number of benzene rings is 1. The van der Waals surface area contributed by atoms with Gasteiger partial charge in [0, 0.05) is 24.2 Å². The first kappa shape index (κ1) is 16.0. The molecule has 3 nitrogen and oxygen atoms in total. The molecule has 2 rings (SSSR count). The molecule has 4 heteroatoms. The van der Waals surface area contributed by atoms with E-state index in [4.69, 9.17) is 0 Å². The van der Waals surface area contributed by atoms with E-state index in [0.717, 1.165) is 30.2 Å². The number of thiazole rings is 1. The second kappa shape index (κ2) is 7.57. The predicted molar refractivity (Wildman–Crippen MR) is 92.1 cm³/mol. The molecule has 0 aliphatic heterocycles. The lowest BCUT2D eigenvalue weighted by atomic mass is 10.0. The Morgan fingerprint density at radius 3 is 2.67 bits per heavy atom. The number of hydrogen-bond acceptors (Lipinski definition) is 4. The molecule has 0 saturated carbocycles. The van der Waals surface area contributed by atoms with Gasteiger partial charge in [0.05, 0.1) is 17.2 Å². The molecule has 0 fully saturated rings. The van der Waals surface area contributed by atoms with Crippen LogP contribution in [0, 0.1) is 6.92 Å². The van der Waals surface area contributed by atoms with E-state index in [2.05, 4.69) is 72.7 Å². The smallest absolute Gasteiger partial charge is 0.0898 e. The lowest BCUT2D eigenvalue weighted by molar-refractivity contribution is 0.536. The minimum Gasteiger partial charge on any atom is -0.368 e. The van der Waals surface area contributed by atoms with Crippen molar-refractivity contribution < 1.29 is 0 Å². The Morgan fingerprint density at radius 2 is 2.05 bits per heavy atom. The average Bonchev–Trinajstić information content (AvgIpc) is 2.90. The van der Waals surface area contributed by atoms with Gasteiger partial charge in [-0.25, -0.2) is 4.98 Å². The number of nitrogens with zero attached hydrogens (tertiary/aromatic N) is 2. The van der Waals surface area contributed by atoms with Crippen molar-refractivity contribution in [3.05, 3.63) is 45.9 Å². The summed E-state index contributed by atoms with van der Waals surface area (Å²) in [7, 11) is 2.15. The topological polar surface area (TPSA) is 28.2 Å². The van der Waals surface area contributed by atoms with E-state index in [1.807, 2.05) is 0 Å². The molecule has 0 amide bonds. The highest BCUT2D eigenvalue weighted by Crippen LogP contribution is 2.28. The minimum absolute atomic E-state index is 0.408. The first-order valence-corrected chi connectivity index (χ1v) is 8.48. The number of aromatic nitrogens is 1. The molecule has 1 aromatic carbocycles. The predicted octanol–water partition coefficient (Wildman–Crippen LogP) is 4.15. The van der Waals surface area contributed by atoms with Crippen LogP contribution in [-0.4, -0.2) is 18.6 Å². The standard InChI is InChI=1S/C17H25N3S/c1-5-16(18-6-2)15-9-7-8-10-17(15)20(4)11-14-12-21-13(3)19-14/h7-10,12,16,18H,5-6,11H2,1-4H3. The average molecular weight is 303 g/mol. The lowest BCUT2D eigenvalue weighted by Gasteiger charge is -2.26. The van der Waals surface area contributed by atoms with Crippen LogP contribution in [0.3, 0.4) is 0 Å². The van der Waals surface area contributed by atoms with Crippen LogP contribution in [0.25, 0.3) is 0 Å². The van der Waals surface area contributed by atoms with Crippen molar-refractivity contribution >= 4 is 17.0 Å². The summed E-state index contributed by atoms with van der Waals surface area (Å²) in [5.74, 6) is 0. The molecule has 0 saturated heterocycles. The van der Waals surface area contributed by atoms with Crippen LogP contribution in [0.2, 0.25) is 0 Å². The third kappa shape index (κ3) is 4.05. The SMILES string of the molecule is CCNC(CC)c1ccccc1N(C)Cc1csc(C)n1. The zero-order chi connectivity index (χ0) is 15.2. The van der Waals surface area contributed by atoms with Crippen LogP contribution < -0.4 is 10.2 Å². The fourth-order valence-corrected chi connectivity index (χ4v) is 3.26. The first-order chi connectivity index (χ1) is 10.2. The molecule has 0 aliphatic rings. The number of aryl methyl sites for hydroxylation is 1. The van der Waals surface area contributed by atoms with Gasteiger partial charge in [0.25, 0.3) is 0 Å². The van der Waals surface area contributed by atoms with E-state index in [1.54, 1.807) is 11.3 Å². The Bertz CT molecular complexity index is 565. The summed E-state index contributed by atoms with van der Waals surface area (Å²) in [6.45, 7) is 8.28. The van der Waals surface area contributed by atoms with Gasteiger partial charge in [-0.05, 0) is 31.5 Å². The van der Waals surface area contributed by atoms with E-state index in [9.17, 15) is 0 Å². The zero-order valence-electron chi connectivity index (χ0n) is 13.4. The fraction of sp³-hybridized carbons (Fsp3) is 0.471. The van der Waals surface area contributed by atoms with Gasteiger partial charge in [0.1, 0.15) is 0 Å². The van der Waals surface area contributed by atoms with Crippen LogP contribution in [0.15, 0.2) is 29.6 Å². The quantitative estimate of drug-likeness (QED) is 0.833. The molecule has 1 unspecified atom stereocenters. The van der Waals surface area contributed by atoms with Crippen molar-refractivity contribution in [2.45, 2.75) is 39.8 Å². The van der Waals surface area contributed by atoms with Gasteiger partial charge in [0.2, 0.25) is 0 Å². The second-order valence-corrected chi connectivity index (χ2v) is 6.35. The molecule has 1 aromatic heterocycles. The highest BCUT2D eigenvalue weighted by Gasteiger charge is 2.15. The number of para-hydroxylation sites is 1. The van der Waals surface area contributed by atoms with Crippen molar-refractivity contribution in [2.24, 2.45) is 0 Å². The third-order valence-electron chi connectivity index (χ3n) is 3.65. The zero-order valence-corrected chi connectivity index (χ0v) is 14.2. The highest BCUT2D eigenvalue weighted by molar-refractivity contribution is 7.09. The number of anilines is 1. The molecule has 114 valence electrons. The van der Waals surface area contributed by atoms with Gasteiger partial charge >= 0.3 is 0 Å².